The third-order valence-electron chi connectivity index (χ3n) is 3.86. The molecule has 0 saturated heterocycles. The Hall–Kier alpha value is -3.55. The van der Waals surface area contributed by atoms with E-state index in [1.807, 2.05) is 18.2 Å². The molecule has 134 valence electrons. The minimum atomic E-state index is -0.434. The Bertz CT molecular complexity index is 896. The van der Waals surface area contributed by atoms with E-state index in [2.05, 4.69) is 15.3 Å². The topological polar surface area (TPSA) is 107 Å². The number of hydrogen-bond acceptors (Lipinski definition) is 8. The van der Waals surface area contributed by atoms with Gasteiger partial charge in [-0.25, -0.2) is 14.8 Å². The number of benzene rings is 1. The van der Waals surface area contributed by atoms with E-state index in [-0.39, 0.29) is 0 Å². The Kier molecular flexibility index (Phi) is 5.02. The number of nitrogens with one attached hydrogen (secondary N) is 1. The minimum Gasteiger partial charge on any atom is -0.467 e. The Labute approximate surface area is 150 Å². The molecule has 0 bridgehead atoms. The number of methoxy groups -OCH3 is 1. The summed E-state index contributed by atoms with van der Waals surface area (Å²) in [4.78, 5) is 22.2. The number of furan rings is 1. The zero-order chi connectivity index (χ0) is 18.5. The molecule has 26 heavy (non-hydrogen) atoms. The number of nitrogens with zero attached hydrogens (tertiary/aromatic N) is 3. The summed E-state index contributed by atoms with van der Waals surface area (Å²) in [6, 6.07) is 10.7. The molecule has 3 N–H and O–H groups in total. The summed E-state index contributed by atoms with van der Waals surface area (Å²) < 4.78 is 10.1. The monoisotopic (exact) mass is 353 g/mol. The molecule has 0 spiro atoms. The Balaban J connectivity index is 1.90. The van der Waals surface area contributed by atoms with Crippen molar-refractivity contribution >= 4 is 29.0 Å². The highest BCUT2D eigenvalue weighted by Crippen LogP contribution is 2.32. The van der Waals surface area contributed by atoms with Gasteiger partial charge in [-0.15, -0.1) is 0 Å². The number of nitrogens with two attached hydrogens (primary N) is 1. The standard InChI is InChI=1S/C18H19N5O3/c1-23(14-8-4-3-7-13(14)18(24)25-2)17-15(19)16(21-11-22-17)20-10-12-6-5-9-26-12/h3-9,11H,10,19H2,1-2H3,(H,20,21,22). The molecule has 0 aliphatic carbocycles. The molecule has 0 atom stereocenters. The zero-order valence-corrected chi connectivity index (χ0v) is 14.5. The maximum atomic E-state index is 12.0. The first-order valence-corrected chi connectivity index (χ1v) is 7.89. The van der Waals surface area contributed by atoms with E-state index in [0.717, 1.165) is 5.76 Å². The van der Waals surface area contributed by atoms with Gasteiger partial charge in [0.15, 0.2) is 11.6 Å². The summed E-state index contributed by atoms with van der Waals surface area (Å²) in [5, 5.41) is 3.12. The van der Waals surface area contributed by atoms with Crippen molar-refractivity contribution in [1.82, 2.24) is 9.97 Å². The van der Waals surface area contributed by atoms with Crippen molar-refractivity contribution in [2.75, 3.05) is 30.1 Å². The number of hydrogen-bond donors (Lipinski definition) is 2. The van der Waals surface area contributed by atoms with Crippen molar-refractivity contribution in [3.63, 3.8) is 0 Å². The van der Waals surface area contributed by atoms with Gasteiger partial charge in [0, 0.05) is 7.05 Å². The molecule has 1 aromatic carbocycles. The van der Waals surface area contributed by atoms with E-state index in [4.69, 9.17) is 14.9 Å². The van der Waals surface area contributed by atoms with Crippen LogP contribution < -0.4 is 16.0 Å². The van der Waals surface area contributed by atoms with Crippen LogP contribution in [-0.4, -0.2) is 30.1 Å². The van der Waals surface area contributed by atoms with Crippen molar-refractivity contribution in [3.05, 3.63) is 60.3 Å². The van der Waals surface area contributed by atoms with Crippen LogP contribution in [0.2, 0.25) is 0 Å². The van der Waals surface area contributed by atoms with Crippen molar-refractivity contribution in [2.45, 2.75) is 6.54 Å². The molecular formula is C18H19N5O3. The van der Waals surface area contributed by atoms with E-state index in [9.17, 15) is 4.79 Å². The van der Waals surface area contributed by atoms with Gasteiger partial charge in [0.25, 0.3) is 0 Å². The zero-order valence-electron chi connectivity index (χ0n) is 14.5. The van der Waals surface area contributed by atoms with Gasteiger partial charge in [-0.3, -0.25) is 0 Å². The highest BCUT2D eigenvalue weighted by atomic mass is 16.5. The lowest BCUT2D eigenvalue weighted by Gasteiger charge is -2.22. The minimum absolute atomic E-state index is 0.362. The smallest absolute Gasteiger partial charge is 0.339 e. The summed E-state index contributed by atoms with van der Waals surface area (Å²) in [7, 11) is 3.12. The molecule has 3 aromatic rings. The molecule has 0 fully saturated rings. The Morgan fingerprint density at radius 3 is 2.81 bits per heavy atom. The predicted octanol–water partition coefficient (Wildman–Crippen LogP) is 2.82. The molecule has 3 rings (SSSR count). The fourth-order valence-electron chi connectivity index (χ4n) is 2.54. The van der Waals surface area contributed by atoms with Crippen LogP contribution in [0.1, 0.15) is 16.1 Å². The van der Waals surface area contributed by atoms with E-state index >= 15 is 0 Å². The lowest BCUT2D eigenvalue weighted by molar-refractivity contribution is 0.0601. The second kappa shape index (κ2) is 7.56. The number of para-hydroxylation sites is 1. The molecular weight excluding hydrogens is 334 g/mol. The normalized spacial score (nSPS) is 10.4. The van der Waals surface area contributed by atoms with Gasteiger partial charge >= 0.3 is 5.97 Å². The second-order valence-corrected chi connectivity index (χ2v) is 5.46. The second-order valence-electron chi connectivity index (χ2n) is 5.46. The van der Waals surface area contributed by atoms with Gasteiger partial charge in [0.2, 0.25) is 0 Å². The molecule has 2 aromatic heterocycles. The summed E-state index contributed by atoms with van der Waals surface area (Å²) in [5.41, 5.74) is 7.65. The van der Waals surface area contributed by atoms with Gasteiger partial charge in [-0.1, -0.05) is 12.1 Å². The van der Waals surface area contributed by atoms with Gasteiger partial charge < -0.3 is 25.1 Å². The van der Waals surface area contributed by atoms with Gasteiger partial charge in [-0.05, 0) is 24.3 Å². The maximum Gasteiger partial charge on any atom is 0.339 e. The average Bonchev–Trinajstić information content (AvgIpc) is 3.19. The summed E-state index contributed by atoms with van der Waals surface area (Å²) in [6.45, 7) is 0.441. The van der Waals surface area contributed by atoms with Crippen molar-refractivity contribution in [1.29, 1.82) is 0 Å². The van der Waals surface area contributed by atoms with E-state index in [1.165, 1.54) is 13.4 Å². The molecule has 2 heterocycles. The van der Waals surface area contributed by atoms with Crippen molar-refractivity contribution < 1.29 is 13.9 Å². The van der Waals surface area contributed by atoms with Crippen LogP contribution in [0.3, 0.4) is 0 Å². The maximum absolute atomic E-state index is 12.0. The number of carbonyl (C=O) groups is 1. The molecule has 0 radical (unpaired) electrons. The first-order chi connectivity index (χ1) is 12.6. The Morgan fingerprint density at radius 2 is 2.08 bits per heavy atom. The third kappa shape index (κ3) is 3.44. The molecule has 0 amide bonds. The fourth-order valence-corrected chi connectivity index (χ4v) is 2.54. The molecule has 0 aliphatic heterocycles. The number of nitrogen functional groups attached to an aromatic ring is 1. The van der Waals surface area contributed by atoms with Crippen LogP contribution in [0.4, 0.5) is 23.0 Å². The van der Waals surface area contributed by atoms with Crippen LogP contribution in [0, 0.1) is 0 Å². The van der Waals surface area contributed by atoms with Gasteiger partial charge in [0.05, 0.1) is 31.2 Å². The molecule has 8 heteroatoms. The van der Waals surface area contributed by atoms with E-state index < -0.39 is 5.97 Å². The third-order valence-corrected chi connectivity index (χ3v) is 3.86. The fraction of sp³-hybridized carbons (Fsp3) is 0.167. The quantitative estimate of drug-likeness (QED) is 0.652. The summed E-state index contributed by atoms with van der Waals surface area (Å²) in [6.07, 6.45) is 3.01. The summed E-state index contributed by atoms with van der Waals surface area (Å²) >= 11 is 0. The molecule has 0 unspecified atom stereocenters. The lowest BCUT2D eigenvalue weighted by Crippen LogP contribution is -2.18. The highest BCUT2D eigenvalue weighted by molar-refractivity contribution is 5.97. The number of anilines is 4. The number of carbonyl (C=O) groups excluding carboxylic acids is 1. The van der Waals surface area contributed by atoms with Crippen molar-refractivity contribution in [3.8, 4) is 0 Å². The highest BCUT2D eigenvalue weighted by Gasteiger charge is 2.19. The van der Waals surface area contributed by atoms with E-state index in [1.54, 1.807) is 36.4 Å². The van der Waals surface area contributed by atoms with Crippen LogP contribution in [0.15, 0.2) is 53.4 Å². The number of rotatable bonds is 6. The predicted molar refractivity (Wildman–Crippen MR) is 98.3 cm³/mol. The van der Waals surface area contributed by atoms with Crippen LogP contribution >= 0.6 is 0 Å². The van der Waals surface area contributed by atoms with Crippen LogP contribution in [-0.2, 0) is 11.3 Å². The largest absolute Gasteiger partial charge is 0.467 e. The lowest BCUT2D eigenvalue weighted by atomic mass is 10.1. The average molecular weight is 353 g/mol. The van der Waals surface area contributed by atoms with Crippen molar-refractivity contribution in [2.24, 2.45) is 0 Å². The van der Waals surface area contributed by atoms with Gasteiger partial charge in [-0.2, -0.15) is 0 Å². The SMILES string of the molecule is COC(=O)c1ccccc1N(C)c1ncnc(NCc2ccco2)c1N. The summed E-state index contributed by atoms with van der Waals surface area (Å²) in [5.74, 6) is 1.28. The molecule has 0 aliphatic rings. The Morgan fingerprint density at radius 1 is 1.27 bits per heavy atom. The number of ether oxygens (including phenoxy) is 1. The van der Waals surface area contributed by atoms with Crippen LogP contribution in [0.5, 0.6) is 0 Å². The first-order valence-electron chi connectivity index (χ1n) is 7.89. The number of aromatic nitrogens is 2. The molecule has 0 saturated carbocycles. The van der Waals surface area contributed by atoms with E-state index in [0.29, 0.717) is 35.1 Å². The van der Waals surface area contributed by atoms with Crippen LogP contribution in [0.25, 0.3) is 0 Å². The first kappa shape index (κ1) is 17.3. The van der Waals surface area contributed by atoms with Gasteiger partial charge in [0.1, 0.15) is 17.8 Å². The molecule has 8 nitrogen and oxygen atoms in total. The number of esters is 1.